The molecule has 4 heteroatoms. The van der Waals surface area contributed by atoms with Crippen molar-refractivity contribution in [2.45, 2.75) is 13.3 Å². The fourth-order valence-electron chi connectivity index (χ4n) is 1.70. The quantitative estimate of drug-likeness (QED) is 0.864. The van der Waals surface area contributed by atoms with E-state index in [2.05, 4.69) is 10.3 Å². The number of hydrogen-bond donors (Lipinski definition) is 1. The van der Waals surface area contributed by atoms with Gasteiger partial charge in [0.1, 0.15) is 11.3 Å². The first kappa shape index (κ1) is 11.1. The van der Waals surface area contributed by atoms with Crippen LogP contribution in [0.1, 0.15) is 12.6 Å². The van der Waals surface area contributed by atoms with Crippen LogP contribution >= 0.6 is 11.6 Å². The minimum Gasteiger partial charge on any atom is -0.387 e. The van der Waals surface area contributed by atoms with Gasteiger partial charge in [0, 0.05) is 23.8 Å². The van der Waals surface area contributed by atoms with Crippen molar-refractivity contribution in [3.63, 3.8) is 0 Å². The highest BCUT2D eigenvalue weighted by molar-refractivity contribution is 6.36. The molecule has 0 aliphatic heterocycles. The van der Waals surface area contributed by atoms with Crippen molar-refractivity contribution < 1.29 is 4.39 Å². The number of benzene rings is 1. The maximum absolute atomic E-state index is 13.6. The number of halogens is 2. The Morgan fingerprint density at radius 3 is 2.81 bits per heavy atom. The van der Waals surface area contributed by atoms with Gasteiger partial charge in [0.25, 0.3) is 0 Å². The first-order valence-electron chi connectivity index (χ1n) is 5.12. The summed E-state index contributed by atoms with van der Waals surface area (Å²) in [7, 11) is 1.79. The molecule has 2 aromatic rings. The van der Waals surface area contributed by atoms with Gasteiger partial charge in [-0.05, 0) is 24.6 Å². The monoisotopic (exact) mass is 238 g/mol. The zero-order valence-corrected chi connectivity index (χ0v) is 9.90. The average Bonchev–Trinajstić information content (AvgIpc) is 2.32. The molecule has 0 aliphatic carbocycles. The standard InChI is InChI=1S/C12H12ClFN2/c1-3-7-6-10(15-2)11-8(13)4-5-9(14)12(11)16-7/h4-6H,3H2,1-2H3,(H,15,16). The second-order valence-corrected chi connectivity index (χ2v) is 3.92. The molecule has 1 N–H and O–H groups in total. The maximum atomic E-state index is 13.6. The van der Waals surface area contributed by atoms with Crippen LogP contribution in [-0.2, 0) is 6.42 Å². The van der Waals surface area contributed by atoms with E-state index in [1.807, 2.05) is 13.0 Å². The molecule has 0 spiro atoms. The Morgan fingerprint density at radius 1 is 1.44 bits per heavy atom. The number of pyridine rings is 1. The number of aromatic nitrogens is 1. The van der Waals surface area contributed by atoms with E-state index in [1.165, 1.54) is 6.07 Å². The van der Waals surface area contributed by atoms with Crippen LogP contribution in [0, 0.1) is 5.82 Å². The molecule has 0 aliphatic rings. The van der Waals surface area contributed by atoms with E-state index in [0.29, 0.717) is 15.9 Å². The van der Waals surface area contributed by atoms with Gasteiger partial charge in [-0.25, -0.2) is 9.37 Å². The summed E-state index contributed by atoms with van der Waals surface area (Å²) in [6.45, 7) is 1.98. The van der Waals surface area contributed by atoms with Gasteiger partial charge < -0.3 is 5.32 Å². The summed E-state index contributed by atoms with van der Waals surface area (Å²) in [5.74, 6) is -0.341. The third kappa shape index (κ3) is 1.71. The zero-order chi connectivity index (χ0) is 11.7. The molecule has 2 nitrogen and oxygen atoms in total. The zero-order valence-electron chi connectivity index (χ0n) is 9.14. The lowest BCUT2D eigenvalue weighted by Crippen LogP contribution is -1.97. The molecule has 84 valence electrons. The Kier molecular flexibility index (Phi) is 2.97. The SMILES string of the molecule is CCc1cc(NC)c2c(Cl)ccc(F)c2n1. The van der Waals surface area contributed by atoms with Gasteiger partial charge in [-0.3, -0.25) is 0 Å². The Bertz CT molecular complexity index is 540. The van der Waals surface area contributed by atoms with Crippen molar-refractivity contribution in [3.05, 3.63) is 34.7 Å². The van der Waals surface area contributed by atoms with Crippen molar-refractivity contribution in [3.8, 4) is 0 Å². The number of anilines is 1. The molecule has 16 heavy (non-hydrogen) atoms. The summed E-state index contributed by atoms with van der Waals surface area (Å²) in [5.41, 5.74) is 1.99. The molecule has 1 aromatic carbocycles. The van der Waals surface area contributed by atoms with Gasteiger partial charge in [0.05, 0.1) is 5.02 Å². The van der Waals surface area contributed by atoms with Crippen molar-refractivity contribution >= 4 is 28.2 Å². The van der Waals surface area contributed by atoms with E-state index in [4.69, 9.17) is 11.6 Å². The maximum Gasteiger partial charge on any atom is 0.149 e. The highest BCUT2D eigenvalue weighted by Crippen LogP contribution is 2.31. The Balaban J connectivity index is 2.88. The molecule has 0 saturated carbocycles. The Morgan fingerprint density at radius 2 is 2.19 bits per heavy atom. The highest BCUT2D eigenvalue weighted by Gasteiger charge is 2.11. The largest absolute Gasteiger partial charge is 0.387 e. The van der Waals surface area contributed by atoms with Gasteiger partial charge in [-0.2, -0.15) is 0 Å². The van der Waals surface area contributed by atoms with Crippen LogP contribution in [0.15, 0.2) is 18.2 Å². The van der Waals surface area contributed by atoms with Crippen LogP contribution < -0.4 is 5.32 Å². The van der Waals surface area contributed by atoms with Crippen molar-refractivity contribution in [2.24, 2.45) is 0 Å². The van der Waals surface area contributed by atoms with Crippen LogP contribution in [0.2, 0.25) is 5.02 Å². The number of nitrogens with zero attached hydrogens (tertiary/aromatic N) is 1. The van der Waals surface area contributed by atoms with Crippen molar-refractivity contribution in [2.75, 3.05) is 12.4 Å². The fraction of sp³-hybridized carbons (Fsp3) is 0.250. The highest BCUT2D eigenvalue weighted by atomic mass is 35.5. The van der Waals surface area contributed by atoms with Gasteiger partial charge in [-0.15, -0.1) is 0 Å². The van der Waals surface area contributed by atoms with Crippen molar-refractivity contribution in [1.82, 2.24) is 4.98 Å². The molecule has 2 rings (SSSR count). The van der Waals surface area contributed by atoms with Gasteiger partial charge in [0.2, 0.25) is 0 Å². The van der Waals surface area contributed by atoms with E-state index >= 15 is 0 Å². The normalized spacial score (nSPS) is 10.8. The van der Waals surface area contributed by atoms with E-state index in [9.17, 15) is 4.39 Å². The van der Waals surface area contributed by atoms with E-state index in [-0.39, 0.29) is 5.82 Å². The molecule has 0 radical (unpaired) electrons. The van der Waals surface area contributed by atoms with Gasteiger partial charge in [0.15, 0.2) is 0 Å². The predicted octanol–water partition coefficient (Wildman–Crippen LogP) is 3.63. The third-order valence-corrected chi connectivity index (χ3v) is 2.86. The lowest BCUT2D eigenvalue weighted by Gasteiger charge is -2.10. The smallest absolute Gasteiger partial charge is 0.149 e. The number of hydrogen-bond acceptors (Lipinski definition) is 2. The summed E-state index contributed by atoms with van der Waals surface area (Å²) in [5, 5.41) is 4.17. The molecular formula is C12H12ClFN2. The van der Waals surface area contributed by atoms with Crippen LogP contribution in [0.5, 0.6) is 0 Å². The Hall–Kier alpha value is -1.35. The molecule has 0 amide bonds. The van der Waals surface area contributed by atoms with E-state index < -0.39 is 0 Å². The Labute approximate surface area is 98.4 Å². The second kappa shape index (κ2) is 4.26. The predicted molar refractivity (Wildman–Crippen MR) is 65.6 cm³/mol. The van der Waals surface area contributed by atoms with Gasteiger partial charge in [-0.1, -0.05) is 18.5 Å². The number of aryl methyl sites for hydroxylation is 1. The first-order chi connectivity index (χ1) is 7.67. The molecule has 0 unspecified atom stereocenters. The summed E-state index contributed by atoms with van der Waals surface area (Å²) < 4.78 is 13.6. The van der Waals surface area contributed by atoms with Crippen LogP contribution in [0.4, 0.5) is 10.1 Å². The fourth-order valence-corrected chi connectivity index (χ4v) is 1.95. The lowest BCUT2D eigenvalue weighted by atomic mass is 10.1. The van der Waals surface area contributed by atoms with E-state index in [1.54, 1.807) is 13.1 Å². The summed E-state index contributed by atoms with van der Waals surface area (Å²) in [6.07, 6.45) is 0.760. The summed E-state index contributed by atoms with van der Waals surface area (Å²) >= 11 is 6.06. The molecule has 0 bridgehead atoms. The topological polar surface area (TPSA) is 24.9 Å². The molecule has 1 aromatic heterocycles. The third-order valence-electron chi connectivity index (χ3n) is 2.55. The molecule has 1 heterocycles. The molecule has 0 fully saturated rings. The average molecular weight is 239 g/mol. The molecular weight excluding hydrogens is 227 g/mol. The second-order valence-electron chi connectivity index (χ2n) is 3.52. The van der Waals surface area contributed by atoms with E-state index in [0.717, 1.165) is 17.8 Å². The molecule has 0 saturated heterocycles. The van der Waals surface area contributed by atoms with Crippen LogP contribution in [0.3, 0.4) is 0 Å². The van der Waals surface area contributed by atoms with Crippen LogP contribution in [0.25, 0.3) is 10.9 Å². The van der Waals surface area contributed by atoms with Crippen molar-refractivity contribution in [1.29, 1.82) is 0 Å². The van der Waals surface area contributed by atoms with Gasteiger partial charge >= 0.3 is 0 Å². The lowest BCUT2D eigenvalue weighted by molar-refractivity contribution is 0.636. The number of rotatable bonds is 2. The number of fused-ring (bicyclic) bond motifs is 1. The molecule has 0 atom stereocenters. The van der Waals surface area contributed by atoms with Crippen LogP contribution in [-0.4, -0.2) is 12.0 Å². The first-order valence-corrected chi connectivity index (χ1v) is 5.50. The number of nitrogens with one attached hydrogen (secondary N) is 1. The minimum atomic E-state index is -0.341. The summed E-state index contributed by atoms with van der Waals surface area (Å²) in [4.78, 5) is 4.26. The summed E-state index contributed by atoms with van der Waals surface area (Å²) in [6, 6.07) is 4.79. The minimum absolute atomic E-state index is 0.330.